The Morgan fingerprint density at radius 1 is 1.60 bits per heavy atom. The number of hydrogen-bond acceptors (Lipinski definition) is 2. The van der Waals surface area contributed by atoms with Gasteiger partial charge in [-0.25, -0.2) is 8.78 Å². The van der Waals surface area contributed by atoms with E-state index in [4.69, 9.17) is 16.9 Å². The van der Waals surface area contributed by atoms with Crippen molar-refractivity contribution in [2.45, 2.75) is 18.7 Å². The van der Waals surface area contributed by atoms with Gasteiger partial charge in [-0.2, -0.15) is 5.26 Å². The van der Waals surface area contributed by atoms with Gasteiger partial charge in [0.05, 0.1) is 12.5 Å². The highest BCUT2D eigenvalue weighted by Crippen LogP contribution is 2.25. The lowest BCUT2D eigenvalue weighted by atomic mass is 10.1. The van der Waals surface area contributed by atoms with Gasteiger partial charge in [-0.1, -0.05) is 0 Å². The molecule has 0 aliphatic rings. The molecule has 0 aliphatic heterocycles. The summed E-state index contributed by atoms with van der Waals surface area (Å²) in [5, 5.41) is 8.43. The molecule has 0 spiro atoms. The SMILES string of the molecule is N#CCc1[nH]c(=O)cc(CCl)c1C(F)F. The van der Waals surface area contributed by atoms with Crippen LogP contribution in [-0.2, 0) is 12.3 Å². The number of aromatic nitrogens is 1. The van der Waals surface area contributed by atoms with Crippen LogP contribution in [0, 0.1) is 11.3 Å². The summed E-state index contributed by atoms with van der Waals surface area (Å²) in [6.07, 6.45) is -3.02. The van der Waals surface area contributed by atoms with Crippen LogP contribution in [0.4, 0.5) is 8.78 Å². The van der Waals surface area contributed by atoms with Gasteiger partial charge in [0.2, 0.25) is 5.56 Å². The predicted molar refractivity (Wildman–Crippen MR) is 50.9 cm³/mol. The highest BCUT2D eigenvalue weighted by atomic mass is 35.5. The minimum Gasteiger partial charge on any atom is -0.325 e. The van der Waals surface area contributed by atoms with Crippen molar-refractivity contribution in [3.8, 4) is 6.07 Å². The standard InChI is InChI=1S/C9H7ClF2N2O/c10-4-5-3-7(15)14-6(1-2-13)8(5)9(11)12/h3,9H,1,4H2,(H,14,15). The largest absolute Gasteiger partial charge is 0.325 e. The second-order valence-corrected chi connectivity index (χ2v) is 3.09. The minimum atomic E-state index is -2.75. The predicted octanol–water partition coefficient (Wildman–Crippen LogP) is 2.12. The Kier molecular flexibility index (Phi) is 3.81. The van der Waals surface area contributed by atoms with Crippen LogP contribution in [0.15, 0.2) is 10.9 Å². The number of alkyl halides is 3. The molecule has 0 aromatic carbocycles. The topological polar surface area (TPSA) is 56.6 Å². The van der Waals surface area contributed by atoms with Gasteiger partial charge < -0.3 is 4.98 Å². The van der Waals surface area contributed by atoms with Crippen molar-refractivity contribution in [3.05, 3.63) is 33.2 Å². The molecule has 0 radical (unpaired) electrons. The smallest absolute Gasteiger partial charge is 0.265 e. The zero-order valence-electron chi connectivity index (χ0n) is 7.56. The van der Waals surface area contributed by atoms with Gasteiger partial charge in [0.25, 0.3) is 6.43 Å². The Morgan fingerprint density at radius 3 is 2.73 bits per heavy atom. The fourth-order valence-electron chi connectivity index (χ4n) is 1.28. The number of hydrogen-bond donors (Lipinski definition) is 1. The molecule has 0 atom stereocenters. The molecule has 0 aliphatic carbocycles. The van der Waals surface area contributed by atoms with Gasteiger partial charge in [0.15, 0.2) is 0 Å². The van der Waals surface area contributed by atoms with E-state index in [2.05, 4.69) is 4.98 Å². The van der Waals surface area contributed by atoms with Crippen LogP contribution in [0.2, 0.25) is 0 Å². The fraction of sp³-hybridized carbons (Fsp3) is 0.333. The van der Waals surface area contributed by atoms with E-state index in [0.29, 0.717) is 0 Å². The lowest BCUT2D eigenvalue weighted by molar-refractivity contribution is 0.149. The Bertz CT molecular complexity index is 450. The quantitative estimate of drug-likeness (QED) is 0.812. The average Bonchev–Trinajstić information content (AvgIpc) is 2.16. The third-order valence-electron chi connectivity index (χ3n) is 1.87. The van der Waals surface area contributed by atoms with Crippen molar-refractivity contribution < 1.29 is 8.78 Å². The Labute approximate surface area is 89.3 Å². The van der Waals surface area contributed by atoms with Crippen molar-refractivity contribution in [2.24, 2.45) is 0 Å². The fourth-order valence-corrected chi connectivity index (χ4v) is 1.50. The van der Waals surface area contributed by atoms with E-state index in [1.54, 1.807) is 6.07 Å². The average molecular weight is 233 g/mol. The summed E-state index contributed by atoms with van der Waals surface area (Å²) in [4.78, 5) is 13.3. The summed E-state index contributed by atoms with van der Waals surface area (Å²) in [5.74, 6) is -0.179. The van der Waals surface area contributed by atoms with Crippen LogP contribution in [0.1, 0.15) is 23.2 Å². The van der Waals surface area contributed by atoms with Gasteiger partial charge in [-0.15, -0.1) is 11.6 Å². The molecule has 0 saturated heterocycles. The first-order valence-corrected chi connectivity index (χ1v) is 4.59. The van der Waals surface area contributed by atoms with E-state index in [1.165, 1.54) is 0 Å². The second kappa shape index (κ2) is 4.89. The second-order valence-electron chi connectivity index (χ2n) is 2.82. The van der Waals surface area contributed by atoms with Crippen LogP contribution >= 0.6 is 11.6 Å². The molecule has 0 bridgehead atoms. The van der Waals surface area contributed by atoms with Gasteiger partial charge >= 0.3 is 0 Å². The van der Waals surface area contributed by atoms with Crippen molar-refractivity contribution in [1.82, 2.24) is 4.98 Å². The van der Waals surface area contributed by atoms with Crippen molar-refractivity contribution in [3.63, 3.8) is 0 Å². The number of rotatable bonds is 3. The highest BCUT2D eigenvalue weighted by Gasteiger charge is 2.18. The van der Waals surface area contributed by atoms with E-state index < -0.39 is 12.0 Å². The number of nitrogens with one attached hydrogen (secondary N) is 1. The molecule has 0 saturated carbocycles. The molecule has 0 amide bonds. The van der Waals surface area contributed by atoms with E-state index in [-0.39, 0.29) is 29.1 Å². The molecule has 0 fully saturated rings. The summed E-state index contributed by atoms with van der Waals surface area (Å²) in [6, 6.07) is 2.73. The van der Waals surface area contributed by atoms with Crippen LogP contribution in [0.3, 0.4) is 0 Å². The van der Waals surface area contributed by atoms with Crippen molar-refractivity contribution >= 4 is 11.6 Å². The van der Waals surface area contributed by atoms with Crippen LogP contribution in [0.5, 0.6) is 0 Å². The summed E-state index contributed by atoms with van der Waals surface area (Å²) < 4.78 is 25.3. The molecule has 1 N–H and O–H groups in total. The lowest BCUT2D eigenvalue weighted by Crippen LogP contribution is -2.13. The molecule has 80 valence electrons. The molecule has 0 unspecified atom stereocenters. The molecule has 1 aromatic rings. The van der Waals surface area contributed by atoms with Crippen LogP contribution < -0.4 is 5.56 Å². The van der Waals surface area contributed by atoms with E-state index in [0.717, 1.165) is 6.07 Å². The highest BCUT2D eigenvalue weighted by molar-refractivity contribution is 6.17. The van der Waals surface area contributed by atoms with Crippen LogP contribution in [-0.4, -0.2) is 4.98 Å². The first-order chi connectivity index (χ1) is 7.10. The monoisotopic (exact) mass is 232 g/mol. The van der Waals surface area contributed by atoms with E-state index in [9.17, 15) is 13.6 Å². The summed E-state index contributed by atoms with van der Waals surface area (Å²) >= 11 is 5.45. The zero-order valence-corrected chi connectivity index (χ0v) is 8.31. The van der Waals surface area contributed by atoms with Crippen molar-refractivity contribution in [1.29, 1.82) is 5.26 Å². The van der Waals surface area contributed by atoms with Gasteiger partial charge in [0.1, 0.15) is 0 Å². The number of halogens is 3. The molecule has 1 heterocycles. The van der Waals surface area contributed by atoms with Gasteiger partial charge in [-0.3, -0.25) is 4.79 Å². The first kappa shape index (κ1) is 11.7. The molecular formula is C9H7ClF2N2O. The third kappa shape index (κ3) is 2.54. The molecular weight excluding hydrogens is 226 g/mol. The molecule has 1 rings (SSSR count). The Hall–Kier alpha value is -1.41. The van der Waals surface area contributed by atoms with Crippen molar-refractivity contribution in [2.75, 3.05) is 0 Å². The molecule has 1 aromatic heterocycles. The zero-order chi connectivity index (χ0) is 11.4. The Balaban J connectivity index is 3.41. The molecule has 3 nitrogen and oxygen atoms in total. The van der Waals surface area contributed by atoms with Gasteiger partial charge in [0, 0.05) is 23.2 Å². The number of H-pyrrole nitrogens is 1. The maximum atomic E-state index is 12.6. The minimum absolute atomic E-state index is 0.0596. The number of nitrogens with zero attached hydrogens (tertiary/aromatic N) is 1. The summed E-state index contributed by atoms with van der Waals surface area (Å²) in [5.41, 5.74) is -0.859. The summed E-state index contributed by atoms with van der Waals surface area (Å²) in [6.45, 7) is 0. The summed E-state index contributed by atoms with van der Waals surface area (Å²) in [7, 11) is 0. The van der Waals surface area contributed by atoms with E-state index >= 15 is 0 Å². The third-order valence-corrected chi connectivity index (χ3v) is 2.16. The normalized spacial score (nSPS) is 10.3. The first-order valence-electron chi connectivity index (χ1n) is 4.06. The molecule has 6 heteroatoms. The number of pyridine rings is 1. The molecule has 15 heavy (non-hydrogen) atoms. The number of aromatic amines is 1. The maximum Gasteiger partial charge on any atom is 0.265 e. The lowest BCUT2D eigenvalue weighted by Gasteiger charge is -2.09. The number of nitriles is 1. The van der Waals surface area contributed by atoms with Crippen LogP contribution in [0.25, 0.3) is 0 Å². The van der Waals surface area contributed by atoms with E-state index in [1.807, 2.05) is 0 Å². The maximum absolute atomic E-state index is 12.6. The van der Waals surface area contributed by atoms with Gasteiger partial charge in [-0.05, 0) is 5.56 Å². The Morgan fingerprint density at radius 2 is 2.27 bits per heavy atom.